The Morgan fingerprint density at radius 3 is 2.94 bits per heavy atom. The highest BCUT2D eigenvalue weighted by atomic mass is 15.3. The SMILES string of the molecule is CCCC(C)NC(C)c1nnc2n1CCC2. The van der Waals surface area contributed by atoms with Gasteiger partial charge >= 0.3 is 0 Å². The minimum Gasteiger partial charge on any atom is -0.314 e. The Bertz CT molecular complexity index is 345. The average Bonchev–Trinajstić information content (AvgIpc) is 2.77. The zero-order valence-corrected chi connectivity index (χ0v) is 10.5. The summed E-state index contributed by atoms with van der Waals surface area (Å²) in [7, 11) is 0. The summed E-state index contributed by atoms with van der Waals surface area (Å²) in [5, 5.41) is 12.1. The van der Waals surface area contributed by atoms with Crippen LogP contribution in [0.5, 0.6) is 0 Å². The molecule has 0 amide bonds. The van der Waals surface area contributed by atoms with Gasteiger partial charge in [0, 0.05) is 19.0 Å². The number of aryl methyl sites for hydroxylation is 1. The van der Waals surface area contributed by atoms with Crippen LogP contribution in [0, 0.1) is 0 Å². The van der Waals surface area contributed by atoms with Crippen molar-refractivity contribution in [2.45, 2.75) is 65.1 Å². The Hall–Kier alpha value is -0.900. The van der Waals surface area contributed by atoms with E-state index in [0.29, 0.717) is 12.1 Å². The number of aromatic nitrogens is 3. The Morgan fingerprint density at radius 1 is 1.38 bits per heavy atom. The fourth-order valence-electron chi connectivity index (χ4n) is 2.51. The van der Waals surface area contributed by atoms with Crippen molar-refractivity contribution in [3.63, 3.8) is 0 Å². The summed E-state index contributed by atoms with van der Waals surface area (Å²) in [6.45, 7) is 7.73. The van der Waals surface area contributed by atoms with Crippen LogP contribution in [0.15, 0.2) is 0 Å². The molecule has 2 atom stereocenters. The molecule has 2 unspecified atom stereocenters. The van der Waals surface area contributed by atoms with Gasteiger partial charge in [0.25, 0.3) is 0 Å². The first kappa shape index (κ1) is 11.6. The van der Waals surface area contributed by atoms with E-state index < -0.39 is 0 Å². The van der Waals surface area contributed by atoms with Gasteiger partial charge in [0.2, 0.25) is 0 Å². The third kappa shape index (κ3) is 2.26. The van der Waals surface area contributed by atoms with Crippen LogP contribution in [-0.4, -0.2) is 20.8 Å². The molecular formula is C12H22N4. The molecule has 90 valence electrons. The summed E-state index contributed by atoms with van der Waals surface area (Å²) in [5.41, 5.74) is 0. The molecule has 4 nitrogen and oxygen atoms in total. The van der Waals surface area contributed by atoms with Crippen LogP contribution in [0.1, 0.15) is 57.7 Å². The highest BCUT2D eigenvalue weighted by Gasteiger charge is 2.21. The lowest BCUT2D eigenvalue weighted by molar-refractivity contribution is 0.428. The van der Waals surface area contributed by atoms with E-state index in [4.69, 9.17) is 0 Å². The standard InChI is InChI=1S/C12H22N4/c1-4-6-9(2)13-10(3)12-15-14-11-7-5-8-16(11)12/h9-10,13H,4-8H2,1-3H3. The summed E-state index contributed by atoms with van der Waals surface area (Å²) in [5.74, 6) is 2.27. The van der Waals surface area contributed by atoms with Gasteiger partial charge in [-0.15, -0.1) is 10.2 Å². The first-order chi connectivity index (χ1) is 7.72. The summed E-state index contributed by atoms with van der Waals surface area (Å²) >= 11 is 0. The van der Waals surface area contributed by atoms with Crippen LogP contribution in [0.3, 0.4) is 0 Å². The number of hydrogen-bond acceptors (Lipinski definition) is 3. The van der Waals surface area contributed by atoms with E-state index in [1.165, 1.54) is 19.3 Å². The Labute approximate surface area is 97.5 Å². The van der Waals surface area contributed by atoms with Gasteiger partial charge in [-0.05, 0) is 26.7 Å². The molecule has 0 saturated carbocycles. The Kier molecular flexibility index (Phi) is 3.59. The number of nitrogens with zero attached hydrogens (tertiary/aromatic N) is 3. The predicted octanol–water partition coefficient (Wildman–Crippen LogP) is 2.06. The van der Waals surface area contributed by atoms with E-state index in [-0.39, 0.29) is 0 Å². The molecule has 1 aromatic rings. The average molecular weight is 222 g/mol. The van der Waals surface area contributed by atoms with E-state index in [0.717, 1.165) is 24.6 Å². The Morgan fingerprint density at radius 2 is 2.19 bits per heavy atom. The molecule has 0 spiro atoms. The molecule has 1 aliphatic rings. The largest absolute Gasteiger partial charge is 0.314 e. The van der Waals surface area contributed by atoms with Crippen molar-refractivity contribution in [3.05, 3.63) is 11.6 Å². The quantitative estimate of drug-likeness (QED) is 0.829. The summed E-state index contributed by atoms with van der Waals surface area (Å²) in [4.78, 5) is 0. The molecular weight excluding hydrogens is 200 g/mol. The maximum absolute atomic E-state index is 4.30. The molecule has 0 aliphatic carbocycles. The van der Waals surface area contributed by atoms with Gasteiger partial charge in [-0.3, -0.25) is 0 Å². The smallest absolute Gasteiger partial charge is 0.149 e. The second-order valence-electron chi connectivity index (χ2n) is 4.81. The molecule has 0 radical (unpaired) electrons. The molecule has 1 aliphatic heterocycles. The first-order valence-corrected chi connectivity index (χ1v) is 6.40. The molecule has 1 N–H and O–H groups in total. The van der Waals surface area contributed by atoms with Crippen molar-refractivity contribution in [1.82, 2.24) is 20.1 Å². The maximum Gasteiger partial charge on any atom is 0.149 e. The van der Waals surface area contributed by atoms with Crippen LogP contribution < -0.4 is 5.32 Å². The van der Waals surface area contributed by atoms with Gasteiger partial charge in [-0.2, -0.15) is 0 Å². The third-order valence-corrected chi connectivity index (χ3v) is 3.28. The topological polar surface area (TPSA) is 42.7 Å². The molecule has 0 saturated heterocycles. The fraction of sp³-hybridized carbons (Fsp3) is 0.833. The maximum atomic E-state index is 4.30. The lowest BCUT2D eigenvalue weighted by Gasteiger charge is -2.19. The second kappa shape index (κ2) is 4.95. The molecule has 4 heteroatoms. The van der Waals surface area contributed by atoms with Gasteiger partial charge in [-0.1, -0.05) is 13.3 Å². The van der Waals surface area contributed by atoms with Gasteiger partial charge < -0.3 is 9.88 Å². The monoisotopic (exact) mass is 222 g/mol. The van der Waals surface area contributed by atoms with Gasteiger partial charge in [0.15, 0.2) is 0 Å². The highest BCUT2D eigenvalue weighted by molar-refractivity contribution is 5.04. The second-order valence-corrected chi connectivity index (χ2v) is 4.81. The van der Waals surface area contributed by atoms with Crippen LogP contribution in [0.25, 0.3) is 0 Å². The molecule has 0 fully saturated rings. The lowest BCUT2D eigenvalue weighted by atomic mass is 10.1. The van der Waals surface area contributed by atoms with Crippen molar-refractivity contribution in [3.8, 4) is 0 Å². The first-order valence-electron chi connectivity index (χ1n) is 6.40. The molecule has 0 aromatic carbocycles. The van der Waals surface area contributed by atoms with Crippen molar-refractivity contribution in [2.75, 3.05) is 0 Å². The summed E-state index contributed by atoms with van der Waals surface area (Å²) in [6.07, 6.45) is 4.74. The number of hydrogen-bond donors (Lipinski definition) is 1. The van der Waals surface area contributed by atoms with Crippen LogP contribution >= 0.6 is 0 Å². The van der Waals surface area contributed by atoms with E-state index >= 15 is 0 Å². The molecule has 2 rings (SSSR count). The molecule has 2 heterocycles. The van der Waals surface area contributed by atoms with Gasteiger partial charge in [0.05, 0.1) is 6.04 Å². The number of nitrogens with one attached hydrogen (secondary N) is 1. The van der Waals surface area contributed by atoms with Crippen molar-refractivity contribution < 1.29 is 0 Å². The van der Waals surface area contributed by atoms with E-state index in [2.05, 4.69) is 40.9 Å². The number of rotatable bonds is 5. The van der Waals surface area contributed by atoms with E-state index in [9.17, 15) is 0 Å². The molecule has 16 heavy (non-hydrogen) atoms. The number of fused-ring (bicyclic) bond motifs is 1. The van der Waals surface area contributed by atoms with Crippen LogP contribution in [0.2, 0.25) is 0 Å². The summed E-state index contributed by atoms with van der Waals surface area (Å²) < 4.78 is 2.27. The highest BCUT2D eigenvalue weighted by Crippen LogP contribution is 2.19. The molecule has 1 aromatic heterocycles. The minimum atomic E-state index is 0.306. The van der Waals surface area contributed by atoms with Gasteiger partial charge in [-0.25, -0.2) is 0 Å². The Balaban J connectivity index is 2.01. The fourth-order valence-corrected chi connectivity index (χ4v) is 2.51. The zero-order chi connectivity index (χ0) is 11.5. The summed E-state index contributed by atoms with van der Waals surface area (Å²) in [6, 6.07) is 0.857. The molecule has 0 bridgehead atoms. The van der Waals surface area contributed by atoms with Crippen LogP contribution in [-0.2, 0) is 13.0 Å². The normalized spacial score (nSPS) is 18.4. The van der Waals surface area contributed by atoms with E-state index in [1.807, 2.05) is 0 Å². The van der Waals surface area contributed by atoms with Crippen molar-refractivity contribution in [2.24, 2.45) is 0 Å². The van der Waals surface area contributed by atoms with E-state index in [1.54, 1.807) is 0 Å². The van der Waals surface area contributed by atoms with Gasteiger partial charge in [0.1, 0.15) is 11.6 Å². The predicted molar refractivity (Wildman–Crippen MR) is 64.3 cm³/mol. The zero-order valence-electron chi connectivity index (χ0n) is 10.5. The van der Waals surface area contributed by atoms with Crippen LogP contribution in [0.4, 0.5) is 0 Å². The van der Waals surface area contributed by atoms with Crippen molar-refractivity contribution >= 4 is 0 Å². The third-order valence-electron chi connectivity index (χ3n) is 3.28. The van der Waals surface area contributed by atoms with Crippen molar-refractivity contribution in [1.29, 1.82) is 0 Å². The minimum absolute atomic E-state index is 0.306. The lowest BCUT2D eigenvalue weighted by Crippen LogP contribution is -2.30.